The number of nitrogens with one attached hydrogen (secondary N) is 4. The molecule has 12 heterocycles. The monoisotopic (exact) mass is 1080 g/mol. The van der Waals surface area contributed by atoms with Crippen molar-refractivity contribution in [3.8, 4) is 11.6 Å². The average molecular weight is 1080 g/mol. The molecule has 10 N–H and O–H groups in total. The Morgan fingerprint density at radius 3 is 1.28 bits per heavy atom. The van der Waals surface area contributed by atoms with Crippen LogP contribution >= 0.6 is 11.6 Å². The molecule has 3 saturated carbocycles. The summed E-state index contributed by atoms with van der Waals surface area (Å²) in [5.74, 6) is 2.96. The highest BCUT2D eigenvalue weighted by Crippen LogP contribution is 2.46. The summed E-state index contributed by atoms with van der Waals surface area (Å²) in [6.45, 7) is 5.87. The van der Waals surface area contributed by atoms with Crippen LogP contribution in [0.3, 0.4) is 0 Å². The fourth-order valence-corrected chi connectivity index (χ4v) is 13.1. The molecule has 15 rings (SSSR count). The normalized spacial score (nSPS) is 17.9. The molecule has 22 heteroatoms. The van der Waals surface area contributed by atoms with Gasteiger partial charge in [0.15, 0.2) is 11.3 Å². The van der Waals surface area contributed by atoms with E-state index in [0.29, 0.717) is 22.6 Å². The van der Waals surface area contributed by atoms with Gasteiger partial charge >= 0.3 is 0 Å². The highest BCUT2D eigenvalue weighted by atomic mass is 35.5. The molecule has 79 heavy (non-hydrogen) atoms. The van der Waals surface area contributed by atoms with Crippen LogP contribution < -0.4 is 33.2 Å². The van der Waals surface area contributed by atoms with E-state index >= 15 is 0 Å². The van der Waals surface area contributed by atoms with E-state index in [2.05, 4.69) is 55.8 Å². The van der Waals surface area contributed by atoms with Crippen molar-refractivity contribution in [2.24, 2.45) is 0 Å². The molecule has 9 aromatic heterocycles. The van der Waals surface area contributed by atoms with Crippen molar-refractivity contribution in [3.05, 3.63) is 130 Å². The number of anilines is 3. The van der Waals surface area contributed by atoms with Gasteiger partial charge in [-0.15, -0.1) is 0 Å². The lowest BCUT2D eigenvalue weighted by atomic mass is 9.79. The van der Waals surface area contributed by atoms with E-state index in [1.165, 1.54) is 38.2 Å². The average Bonchev–Trinajstić information content (AvgIpc) is 4.51. The smallest absolute Gasteiger partial charge is 0.254 e. The molecule has 9 aromatic rings. The highest BCUT2D eigenvalue weighted by molar-refractivity contribution is 6.29. The van der Waals surface area contributed by atoms with E-state index in [1.54, 1.807) is 12.3 Å². The number of nitrogens with two attached hydrogens (primary N) is 3. The molecule has 0 radical (unpaired) electrons. The number of aryl methyl sites for hydroxylation is 3. The third-order valence-corrected chi connectivity index (χ3v) is 16.9. The molecular weight excluding hydrogens is 1020 g/mol. The number of nitrogens with zero attached hydrogens (tertiary/aromatic N) is 11. The van der Waals surface area contributed by atoms with Gasteiger partial charge in [0.2, 0.25) is 0 Å². The number of hydrogen-bond acceptors (Lipinski definition) is 15. The van der Waals surface area contributed by atoms with Crippen molar-refractivity contribution >= 4 is 79.9 Å². The lowest BCUT2D eigenvalue weighted by molar-refractivity contribution is 0.0899. The maximum atomic E-state index is 12.6. The summed E-state index contributed by atoms with van der Waals surface area (Å²) in [7, 11) is 0. The second-order valence-corrected chi connectivity index (χ2v) is 22.1. The van der Waals surface area contributed by atoms with Crippen LogP contribution in [-0.2, 0) is 16.6 Å². The first-order valence-electron chi connectivity index (χ1n) is 27.1. The fraction of sp³-hybridized carbons (Fsp3) is 0.368. The molecule has 404 valence electrons. The summed E-state index contributed by atoms with van der Waals surface area (Å²) in [6, 6.07) is 11.3. The number of carbonyl (C=O) groups is 3. The van der Waals surface area contributed by atoms with Gasteiger partial charge in [-0.1, -0.05) is 69.4 Å². The van der Waals surface area contributed by atoms with Gasteiger partial charge in [-0.25, -0.2) is 44.9 Å². The summed E-state index contributed by atoms with van der Waals surface area (Å²) in [5.41, 5.74) is 26.5. The lowest BCUT2D eigenvalue weighted by Crippen LogP contribution is -2.41. The number of hydrogen-bond donors (Lipinski definition) is 7. The van der Waals surface area contributed by atoms with Gasteiger partial charge in [-0.3, -0.25) is 23.5 Å². The van der Waals surface area contributed by atoms with E-state index in [9.17, 15) is 14.4 Å². The number of H-pyrrole nitrogens is 1. The second-order valence-electron chi connectivity index (χ2n) is 21.7. The number of aromatic nitrogens is 12. The van der Waals surface area contributed by atoms with Crippen molar-refractivity contribution in [2.45, 2.75) is 134 Å². The Kier molecular flexibility index (Phi) is 13.0. The Labute approximate surface area is 459 Å². The fourth-order valence-electron chi connectivity index (χ4n) is 12.9. The molecule has 0 unspecified atom stereocenters. The molecule has 3 aliphatic heterocycles. The first-order chi connectivity index (χ1) is 38.2. The van der Waals surface area contributed by atoms with Crippen molar-refractivity contribution in [3.63, 3.8) is 0 Å². The predicted octanol–water partition coefficient (Wildman–Crippen LogP) is 8.70. The van der Waals surface area contributed by atoms with Gasteiger partial charge in [0.25, 0.3) is 17.7 Å². The highest BCUT2D eigenvalue weighted by Gasteiger charge is 2.48. The molecule has 0 aromatic carbocycles. The van der Waals surface area contributed by atoms with Crippen molar-refractivity contribution in [2.75, 3.05) is 17.2 Å². The molecule has 3 spiro atoms. The summed E-state index contributed by atoms with van der Waals surface area (Å²) in [5, 5.41) is 12.6. The number of amides is 3. The number of nitrogen functional groups attached to an aromatic ring is 3. The summed E-state index contributed by atoms with van der Waals surface area (Å²) in [6.07, 6.45) is 26.1. The minimum absolute atomic E-state index is 0.00221. The quantitative estimate of drug-likeness (QED) is 0.0796. The van der Waals surface area contributed by atoms with Crippen LogP contribution in [-0.4, -0.2) is 76.7 Å². The van der Waals surface area contributed by atoms with Crippen molar-refractivity contribution < 1.29 is 14.4 Å². The summed E-state index contributed by atoms with van der Waals surface area (Å²) < 4.78 is 3.83. The number of rotatable bonds is 2. The Balaban J connectivity index is 0.000000111. The molecule has 0 atom stereocenters. The van der Waals surface area contributed by atoms with Gasteiger partial charge in [0.1, 0.15) is 58.9 Å². The maximum absolute atomic E-state index is 12.6. The van der Waals surface area contributed by atoms with Crippen LogP contribution in [0.4, 0.5) is 17.5 Å². The number of pyridine rings is 3. The largest absolute Gasteiger partial charge is 0.383 e. The minimum atomic E-state index is -0.317. The maximum Gasteiger partial charge on any atom is 0.254 e. The van der Waals surface area contributed by atoms with Gasteiger partial charge in [0, 0.05) is 18.6 Å². The number of halogens is 1. The van der Waals surface area contributed by atoms with Crippen LogP contribution in [0, 0.1) is 20.8 Å². The lowest BCUT2D eigenvalue weighted by Gasteiger charge is -2.33. The Morgan fingerprint density at radius 1 is 0.481 bits per heavy atom. The molecule has 0 saturated heterocycles. The zero-order valence-electron chi connectivity index (χ0n) is 44.3. The molecule has 21 nitrogen and oxygen atoms in total. The molecule has 3 amide bonds. The molecule has 3 aliphatic carbocycles. The van der Waals surface area contributed by atoms with E-state index in [1.807, 2.05) is 72.6 Å². The predicted molar refractivity (Wildman–Crippen MR) is 301 cm³/mol. The van der Waals surface area contributed by atoms with Gasteiger partial charge in [-0.2, -0.15) is 0 Å². The zero-order valence-corrected chi connectivity index (χ0v) is 45.0. The topological polar surface area (TPSA) is 307 Å². The molecule has 6 aliphatic rings. The number of fused-ring (bicyclic) bond motifs is 9. The Morgan fingerprint density at radius 2 is 0.861 bits per heavy atom. The first-order valence-corrected chi connectivity index (χ1v) is 27.4. The minimum Gasteiger partial charge on any atom is -0.383 e. The standard InChI is InChI=1S/2C19H20N6O.C13H15ClN2O.C6H6N4/c2*1-11-9-13(25-8-5-12-16(20)21-10-22-17(12)25)23-15-14(11)18(26)24-19(15)6-3-2-4-7-19;1-8-7-9(14)15-11-10(8)12(17)16-13(11)5-3-2-4-6-13;7-5-4-1-2-8-6(4)10-3-9-5/h2*5,8-10H,2-4,6-7H2,1H3,(H,24,26)(H2,20,21,22);7H,2-6H2,1H3,(H,16,17);1-3H,(H3,7,8,9,10). The van der Waals surface area contributed by atoms with Gasteiger partial charge in [0.05, 0.1) is 66.5 Å². The van der Waals surface area contributed by atoms with Crippen LogP contribution in [0.25, 0.3) is 44.7 Å². The zero-order chi connectivity index (χ0) is 54.8. The van der Waals surface area contributed by atoms with Crippen molar-refractivity contribution in [1.29, 1.82) is 0 Å². The number of carbonyl (C=O) groups excluding carboxylic acids is 3. The Bertz CT molecular complexity index is 3730. The first kappa shape index (κ1) is 51.2. The van der Waals surface area contributed by atoms with Crippen LogP contribution in [0.2, 0.25) is 5.15 Å². The van der Waals surface area contributed by atoms with E-state index in [0.717, 1.165) is 172 Å². The summed E-state index contributed by atoms with van der Waals surface area (Å²) >= 11 is 6.03. The SMILES string of the molecule is Cc1cc(-n2ccc3c(N)ncnc32)nc2c1C(=O)NC21CCCCC1.Cc1cc(-n2ccc3c(N)ncnc32)nc2c1C(=O)NC21CCCCC1.Cc1cc(Cl)nc2c1C(=O)NC21CCCCC1.Nc1ncnc2[nH]ccc12. The molecular formula is C57H61ClN18O3. The third-order valence-electron chi connectivity index (χ3n) is 16.7. The van der Waals surface area contributed by atoms with Crippen LogP contribution in [0.5, 0.6) is 0 Å². The second kappa shape index (κ2) is 20.0. The summed E-state index contributed by atoms with van der Waals surface area (Å²) in [4.78, 5) is 79.2. The van der Waals surface area contributed by atoms with E-state index < -0.39 is 0 Å². The van der Waals surface area contributed by atoms with Crippen LogP contribution in [0.1, 0.15) is 161 Å². The Hall–Kier alpha value is -8.59. The van der Waals surface area contributed by atoms with E-state index in [-0.39, 0.29) is 34.3 Å². The van der Waals surface area contributed by atoms with Gasteiger partial charge < -0.3 is 38.1 Å². The van der Waals surface area contributed by atoms with Gasteiger partial charge in [-0.05, 0) is 112 Å². The van der Waals surface area contributed by atoms with Crippen LogP contribution in [0.15, 0.2) is 74.0 Å². The number of aromatic amines is 1. The van der Waals surface area contributed by atoms with E-state index in [4.69, 9.17) is 38.8 Å². The van der Waals surface area contributed by atoms with Crippen molar-refractivity contribution in [1.82, 2.24) is 74.9 Å². The molecule has 3 fully saturated rings. The molecule has 0 bridgehead atoms. The third kappa shape index (κ3) is 8.89.